The van der Waals surface area contributed by atoms with Crippen LogP contribution >= 0.6 is 0 Å². The third-order valence-electron chi connectivity index (χ3n) is 15.1. The van der Waals surface area contributed by atoms with Gasteiger partial charge in [-0.3, -0.25) is 0 Å². The van der Waals surface area contributed by atoms with Gasteiger partial charge in [-0.2, -0.15) is 0 Å². The molecule has 2 heteroatoms. The average Bonchev–Trinajstić information content (AvgIpc) is 4.16. The molecule has 11 aromatic carbocycles. The number of para-hydroxylation sites is 2. The minimum absolute atomic E-state index is 0.189. The average molecular weight is 922 g/mol. The summed E-state index contributed by atoms with van der Waals surface area (Å²) in [5.74, 6) is 0. The molecule has 2 nitrogen and oxygen atoms in total. The lowest BCUT2D eigenvalue weighted by Gasteiger charge is -2.30. The highest BCUT2D eigenvalue weighted by atomic mass is 16.3. The minimum atomic E-state index is -0.189. The summed E-state index contributed by atoms with van der Waals surface area (Å²) in [4.78, 5) is 0. The molecule has 0 N–H and O–H groups in total. The van der Waals surface area contributed by atoms with Gasteiger partial charge < -0.3 is 8.98 Å². The van der Waals surface area contributed by atoms with Crippen molar-refractivity contribution >= 4 is 43.7 Å². The van der Waals surface area contributed by atoms with Crippen LogP contribution in [-0.4, -0.2) is 4.57 Å². The molecule has 0 saturated heterocycles. The van der Waals surface area contributed by atoms with Crippen molar-refractivity contribution in [3.8, 4) is 50.2 Å². The standard InChI is InChI=1S/C31H21NO.C26H18.C13H12/c1-20-8-7-13-30-31(20)26-19-22(15-17-29(26)33-30)21-14-16-28-25(18-21)24-11-5-6-12-27(24)32(28)23-9-3-2-4-10-23;1-17-9-8-16-24-25(17)20-12-4-7-15-23(20)26(24)21-13-5-2-10-18(21)19-11-3-6-14-22(19)26;1-11-7-9-13(10-8-11)12-5-3-2-4-6-12/h2-19H,1H3;2-16H,1H3;2-10H,1H3. The van der Waals surface area contributed by atoms with E-state index in [-0.39, 0.29) is 5.41 Å². The van der Waals surface area contributed by atoms with Crippen LogP contribution < -0.4 is 0 Å². The summed E-state index contributed by atoms with van der Waals surface area (Å²) in [5, 5.41) is 4.91. The van der Waals surface area contributed by atoms with Gasteiger partial charge in [-0.15, -0.1) is 0 Å². The van der Waals surface area contributed by atoms with Crippen molar-refractivity contribution in [3.63, 3.8) is 0 Å². The predicted octanol–water partition coefficient (Wildman–Crippen LogP) is 18.7. The maximum Gasteiger partial charge on any atom is 0.135 e. The van der Waals surface area contributed by atoms with Crippen molar-refractivity contribution in [2.24, 2.45) is 0 Å². The van der Waals surface area contributed by atoms with Gasteiger partial charge >= 0.3 is 0 Å². The van der Waals surface area contributed by atoms with Crippen LogP contribution in [0.2, 0.25) is 0 Å². The zero-order valence-corrected chi connectivity index (χ0v) is 40.6. The molecule has 1 spiro atoms. The van der Waals surface area contributed by atoms with Crippen LogP contribution in [0, 0.1) is 20.8 Å². The van der Waals surface area contributed by atoms with E-state index in [2.05, 4.69) is 268 Å². The summed E-state index contributed by atoms with van der Waals surface area (Å²) < 4.78 is 8.45. The second kappa shape index (κ2) is 17.5. The quantitative estimate of drug-likeness (QED) is 0.173. The fraction of sp³-hybridized carbons (Fsp3) is 0.0571. The predicted molar refractivity (Wildman–Crippen MR) is 302 cm³/mol. The van der Waals surface area contributed by atoms with Gasteiger partial charge in [-0.25, -0.2) is 0 Å². The van der Waals surface area contributed by atoms with E-state index < -0.39 is 0 Å². The van der Waals surface area contributed by atoms with Gasteiger partial charge in [0, 0.05) is 27.2 Å². The molecule has 0 unspecified atom stereocenters. The first kappa shape index (κ1) is 43.1. The zero-order valence-electron chi connectivity index (χ0n) is 40.6. The Balaban J connectivity index is 0.000000115. The van der Waals surface area contributed by atoms with Crippen LogP contribution in [-0.2, 0) is 5.41 Å². The summed E-state index contributed by atoms with van der Waals surface area (Å²) in [6.45, 7) is 6.49. The van der Waals surface area contributed by atoms with Gasteiger partial charge in [0.1, 0.15) is 11.2 Å². The van der Waals surface area contributed by atoms with E-state index in [1.807, 2.05) is 12.1 Å². The fourth-order valence-electron chi connectivity index (χ4n) is 11.9. The topological polar surface area (TPSA) is 18.1 Å². The van der Waals surface area contributed by atoms with E-state index >= 15 is 0 Å². The Morgan fingerprint density at radius 2 is 0.847 bits per heavy atom. The third-order valence-corrected chi connectivity index (χ3v) is 15.1. The van der Waals surface area contributed by atoms with Gasteiger partial charge in [-0.05, 0) is 147 Å². The van der Waals surface area contributed by atoms with Crippen LogP contribution in [0.4, 0.5) is 0 Å². The number of nitrogens with zero attached hydrogens (tertiary/aromatic N) is 1. The molecule has 2 heterocycles. The highest BCUT2D eigenvalue weighted by Crippen LogP contribution is 2.63. The Kier molecular flexibility index (Phi) is 10.4. The Labute approximate surface area is 420 Å². The van der Waals surface area contributed by atoms with Crippen molar-refractivity contribution in [1.29, 1.82) is 0 Å². The van der Waals surface area contributed by atoms with Crippen LogP contribution in [0.1, 0.15) is 38.9 Å². The molecule has 0 aliphatic heterocycles. The summed E-state index contributed by atoms with van der Waals surface area (Å²) in [6.07, 6.45) is 0. The van der Waals surface area contributed by atoms with Gasteiger partial charge in [0.15, 0.2) is 0 Å². The molecular weight excluding hydrogens is 871 g/mol. The minimum Gasteiger partial charge on any atom is -0.456 e. The van der Waals surface area contributed by atoms with Crippen molar-refractivity contribution in [1.82, 2.24) is 4.57 Å². The maximum absolute atomic E-state index is 6.10. The van der Waals surface area contributed by atoms with E-state index in [9.17, 15) is 0 Å². The van der Waals surface area contributed by atoms with Crippen LogP contribution in [0.5, 0.6) is 0 Å². The molecule has 15 rings (SSSR count). The number of furan rings is 1. The van der Waals surface area contributed by atoms with Crippen molar-refractivity contribution in [3.05, 3.63) is 294 Å². The zero-order chi connectivity index (χ0) is 48.3. The van der Waals surface area contributed by atoms with Crippen molar-refractivity contribution in [2.45, 2.75) is 26.2 Å². The lowest BCUT2D eigenvalue weighted by molar-refractivity contribution is 0.669. The lowest BCUT2D eigenvalue weighted by Crippen LogP contribution is -2.25. The van der Waals surface area contributed by atoms with E-state index in [0.717, 1.165) is 11.2 Å². The Morgan fingerprint density at radius 3 is 1.57 bits per heavy atom. The molecule has 0 saturated carbocycles. The van der Waals surface area contributed by atoms with Crippen LogP contribution in [0.3, 0.4) is 0 Å². The van der Waals surface area contributed by atoms with E-state index in [4.69, 9.17) is 4.42 Å². The van der Waals surface area contributed by atoms with Crippen LogP contribution in [0.15, 0.2) is 259 Å². The van der Waals surface area contributed by atoms with Gasteiger partial charge in [-0.1, -0.05) is 212 Å². The SMILES string of the molecule is Cc1ccc(-c2ccccc2)cc1.Cc1cccc2c1-c1ccccc1C21c2ccccc2-c2ccccc21.Cc1cccc2oc3ccc(-c4ccc5c(c4)c4ccccc4n5-c4ccccc4)cc3c12. The molecule has 0 bridgehead atoms. The summed E-state index contributed by atoms with van der Waals surface area (Å²) >= 11 is 0. The summed E-state index contributed by atoms with van der Waals surface area (Å²) in [6, 6.07) is 91.5. The number of benzene rings is 11. The number of hydrogen-bond acceptors (Lipinski definition) is 1. The number of aromatic nitrogens is 1. The molecule has 2 aliphatic rings. The molecule has 0 amide bonds. The molecule has 0 fully saturated rings. The van der Waals surface area contributed by atoms with Gasteiger partial charge in [0.25, 0.3) is 0 Å². The first-order valence-corrected chi connectivity index (χ1v) is 25.0. The largest absolute Gasteiger partial charge is 0.456 e. The Hall–Kier alpha value is -8.98. The molecule has 72 heavy (non-hydrogen) atoms. The van der Waals surface area contributed by atoms with E-state index in [1.165, 1.54) is 122 Å². The Bertz CT molecular complexity index is 4130. The first-order chi connectivity index (χ1) is 35.5. The summed E-state index contributed by atoms with van der Waals surface area (Å²) in [5.41, 5.74) is 25.4. The molecule has 13 aromatic rings. The van der Waals surface area contributed by atoms with Gasteiger partial charge in [0.2, 0.25) is 0 Å². The molecule has 2 aromatic heterocycles. The lowest BCUT2D eigenvalue weighted by atomic mass is 9.70. The third kappa shape index (κ3) is 6.86. The molecule has 0 atom stereocenters. The molecule has 342 valence electrons. The highest BCUT2D eigenvalue weighted by Gasteiger charge is 2.51. The van der Waals surface area contributed by atoms with E-state index in [1.54, 1.807) is 0 Å². The molecular formula is C70H51NO. The number of hydrogen-bond donors (Lipinski definition) is 0. The van der Waals surface area contributed by atoms with Gasteiger partial charge in [0.05, 0.1) is 16.4 Å². The fourth-order valence-corrected chi connectivity index (χ4v) is 11.9. The second-order valence-electron chi connectivity index (χ2n) is 19.3. The molecule has 2 aliphatic carbocycles. The van der Waals surface area contributed by atoms with Crippen LogP contribution in [0.25, 0.3) is 93.9 Å². The van der Waals surface area contributed by atoms with Crippen molar-refractivity contribution < 1.29 is 4.42 Å². The highest BCUT2D eigenvalue weighted by molar-refractivity contribution is 6.12. The normalized spacial score (nSPS) is 12.5. The molecule has 0 radical (unpaired) electrons. The second-order valence-corrected chi connectivity index (χ2v) is 19.3. The monoisotopic (exact) mass is 921 g/mol. The first-order valence-electron chi connectivity index (χ1n) is 25.0. The number of fused-ring (bicyclic) bond motifs is 16. The smallest absolute Gasteiger partial charge is 0.135 e. The number of rotatable bonds is 3. The maximum atomic E-state index is 6.10. The summed E-state index contributed by atoms with van der Waals surface area (Å²) in [7, 11) is 0. The van der Waals surface area contributed by atoms with E-state index in [0.29, 0.717) is 0 Å². The number of aryl methyl sites for hydroxylation is 3. The Morgan fingerprint density at radius 1 is 0.333 bits per heavy atom. The van der Waals surface area contributed by atoms with Crippen molar-refractivity contribution in [2.75, 3.05) is 0 Å².